The van der Waals surface area contributed by atoms with Crippen molar-refractivity contribution >= 4 is 51.4 Å². The molecule has 2 aromatic carbocycles. The molecule has 0 fully saturated rings. The highest BCUT2D eigenvalue weighted by atomic mass is 35.5. The van der Waals surface area contributed by atoms with Gasteiger partial charge in [0, 0.05) is 16.0 Å². The number of thiophene rings is 1. The summed E-state index contributed by atoms with van der Waals surface area (Å²) in [6.07, 6.45) is 0. The van der Waals surface area contributed by atoms with Crippen molar-refractivity contribution in [3.8, 4) is 22.6 Å². The molecule has 1 N–H and O–H groups in total. The molecule has 3 rings (SSSR count). The van der Waals surface area contributed by atoms with Crippen LogP contribution in [0.25, 0.3) is 11.1 Å². The summed E-state index contributed by atoms with van der Waals surface area (Å²) in [5.41, 5.74) is 1.75. The van der Waals surface area contributed by atoms with E-state index in [1.165, 1.54) is 17.4 Å². The van der Waals surface area contributed by atoms with Crippen molar-refractivity contribution in [2.45, 2.75) is 13.8 Å². The van der Waals surface area contributed by atoms with E-state index in [1.807, 2.05) is 31.2 Å². The molecule has 1 heterocycles. The van der Waals surface area contributed by atoms with Gasteiger partial charge in [0.2, 0.25) is 0 Å². The number of esters is 1. The number of amides is 1. The summed E-state index contributed by atoms with van der Waals surface area (Å²) in [6.45, 7) is 4.11. The summed E-state index contributed by atoms with van der Waals surface area (Å²) >= 11 is 13.2. The minimum Gasteiger partial charge on any atom is -0.494 e. The van der Waals surface area contributed by atoms with E-state index < -0.39 is 11.9 Å². The first-order valence-corrected chi connectivity index (χ1v) is 11.5. The molecule has 0 atom stereocenters. The molecular formula is C23H21Cl2NO5S. The standard InChI is InChI=1S/C23H21Cl2NO5S/c1-3-29-16-8-5-14(6-9-16)17-13-32-22(21(17)23(28)30-4-2)26-20(27)12-31-19-10-7-15(24)11-18(19)25/h5-11,13H,3-4,12H2,1-2H3,(H,26,27). The molecule has 9 heteroatoms. The van der Waals surface area contributed by atoms with Crippen molar-refractivity contribution in [3.63, 3.8) is 0 Å². The van der Waals surface area contributed by atoms with Crippen LogP contribution in [-0.2, 0) is 9.53 Å². The highest BCUT2D eigenvalue weighted by molar-refractivity contribution is 7.15. The molecule has 0 saturated carbocycles. The molecule has 3 aromatic rings. The van der Waals surface area contributed by atoms with Crippen LogP contribution in [0.4, 0.5) is 5.00 Å². The Morgan fingerprint density at radius 2 is 1.75 bits per heavy atom. The maximum absolute atomic E-state index is 12.7. The minimum atomic E-state index is -0.519. The summed E-state index contributed by atoms with van der Waals surface area (Å²) < 4.78 is 16.2. The highest BCUT2D eigenvalue weighted by Crippen LogP contribution is 2.37. The third kappa shape index (κ3) is 5.94. The molecule has 1 aromatic heterocycles. The predicted molar refractivity (Wildman–Crippen MR) is 127 cm³/mol. The molecule has 0 aliphatic rings. The van der Waals surface area contributed by atoms with Crippen LogP contribution in [0.5, 0.6) is 11.5 Å². The smallest absolute Gasteiger partial charge is 0.341 e. The van der Waals surface area contributed by atoms with E-state index in [2.05, 4.69) is 5.32 Å². The first-order chi connectivity index (χ1) is 15.4. The number of hydrogen-bond acceptors (Lipinski definition) is 6. The fourth-order valence-electron chi connectivity index (χ4n) is 2.86. The van der Waals surface area contributed by atoms with Crippen molar-refractivity contribution < 1.29 is 23.8 Å². The van der Waals surface area contributed by atoms with E-state index in [0.717, 1.165) is 11.3 Å². The normalized spacial score (nSPS) is 10.5. The van der Waals surface area contributed by atoms with Gasteiger partial charge in [-0.25, -0.2) is 4.79 Å². The summed E-state index contributed by atoms with van der Waals surface area (Å²) in [5, 5.41) is 5.67. The van der Waals surface area contributed by atoms with Crippen LogP contribution in [0, 0.1) is 0 Å². The third-order valence-electron chi connectivity index (χ3n) is 4.25. The molecule has 0 bridgehead atoms. The van der Waals surface area contributed by atoms with E-state index in [0.29, 0.717) is 38.5 Å². The monoisotopic (exact) mass is 493 g/mol. The van der Waals surface area contributed by atoms with Gasteiger partial charge in [-0.2, -0.15) is 0 Å². The zero-order valence-electron chi connectivity index (χ0n) is 17.4. The number of anilines is 1. The molecule has 0 aliphatic carbocycles. The van der Waals surface area contributed by atoms with Gasteiger partial charge in [-0.15, -0.1) is 11.3 Å². The lowest BCUT2D eigenvalue weighted by molar-refractivity contribution is -0.118. The molecule has 1 amide bonds. The van der Waals surface area contributed by atoms with Crippen LogP contribution in [0.3, 0.4) is 0 Å². The maximum Gasteiger partial charge on any atom is 0.341 e. The zero-order valence-corrected chi connectivity index (χ0v) is 19.8. The van der Waals surface area contributed by atoms with Gasteiger partial charge in [-0.1, -0.05) is 35.3 Å². The number of ether oxygens (including phenoxy) is 3. The van der Waals surface area contributed by atoms with Crippen molar-refractivity contribution in [1.82, 2.24) is 0 Å². The molecule has 0 radical (unpaired) electrons. The molecule has 0 unspecified atom stereocenters. The van der Waals surface area contributed by atoms with Gasteiger partial charge in [0.15, 0.2) is 6.61 Å². The fourth-order valence-corrected chi connectivity index (χ4v) is 4.30. The first kappa shape index (κ1) is 23.9. The lowest BCUT2D eigenvalue weighted by Crippen LogP contribution is -2.21. The fraction of sp³-hybridized carbons (Fsp3) is 0.217. The maximum atomic E-state index is 12.7. The van der Waals surface area contributed by atoms with Crippen molar-refractivity contribution in [1.29, 1.82) is 0 Å². The highest BCUT2D eigenvalue weighted by Gasteiger charge is 2.23. The first-order valence-electron chi connectivity index (χ1n) is 9.82. The van der Waals surface area contributed by atoms with E-state index >= 15 is 0 Å². The van der Waals surface area contributed by atoms with Gasteiger partial charge in [0.1, 0.15) is 22.1 Å². The number of carbonyl (C=O) groups is 2. The van der Waals surface area contributed by atoms with Crippen LogP contribution >= 0.6 is 34.5 Å². The second kappa shape index (κ2) is 11.2. The largest absolute Gasteiger partial charge is 0.494 e. The van der Waals surface area contributed by atoms with E-state index in [1.54, 1.807) is 24.4 Å². The van der Waals surface area contributed by atoms with Crippen LogP contribution in [0.15, 0.2) is 47.8 Å². The second-order valence-electron chi connectivity index (χ2n) is 6.44. The van der Waals surface area contributed by atoms with Crippen LogP contribution in [0.1, 0.15) is 24.2 Å². The SMILES string of the molecule is CCOC(=O)c1c(-c2ccc(OCC)cc2)csc1NC(=O)COc1ccc(Cl)cc1Cl. The van der Waals surface area contributed by atoms with Crippen LogP contribution < -0.4 is 14.8 Å². The van der Waals surface area contributed by atoms with Crippen molar-refractivity contribution in [3.05, 3.63) is 63.5 Å². The Hall–Kier alpha value is -2.74. The van der Waals surface area contributed by atoms with Crippen molar-refractivity contribution in [2.75, 3.05) is 25.1 Å². The number of carbonyl (C=O) groups excluding carboxylic acids is 2. The number of halogens is 2. The number of rotatable bonds is 9. The second-order valence-corrected chi connectivity index (χ2v) is 8.17. The average Bonchev–Trinajstić information content (AvgIpc) is 3.17. The Bertz CT molecular complexity index is 1100. The van der Waals surface area contributed by atoms with Crippen molar-refractivity contribution in [2.24, 2.45) is 0 Å². The van der Waals surface area contributed by atoms with Gasteiger partial charge < -0.3 is 19.5 Å². The van der Waals surface area contributed by atoms with Gasteiger partial charge >= 0.3 is 5.97 Å². The Labute approximate surface area is 200 Å². The molecule has 168 valence electrons. The number of hydrogen-bond donors (Lipinski definition) is 1. The third-order valence-corrected chi connectivity index (χ3v) is 5.68. The molecule has 0 aliphatic heterocycles. The lowest BCUT2D eigenvalue weighted by Gasteiger charge is -2.11. The lowest BCUT2D eigenvalue weighted by atomic mass is 10.0. The summed E-state index contributed by atoms with van der Waals surface area (Å²) in [6, 6.07) is 12.1. The average molecular weight is 494 g/mol. The van der Waals surface area contributed by atoms with Gasteiger partial charge in [0.25, 0.3) is 5.91 Å². The Balaban J connectivity index is 1.79. The van der Waals surface area contributed by atoms with Gasteiger partial charge in [-0.3, -0.25) is 4.79 Å². The molecule has 6 nitrogen and oxygen atoms in total. The Morgan fingerprint density at radius 3 is 2.41 bits per heavy atom. The molecular weight excluding hydrogens is 473 g/mol. The molecule has 0 spiro atoms. The van der Waals surface area contributed by atoms with E-state index in [4.69, 9.17) is 37.4 Å². The predicted octanol–water partition coefficient (Wildman–Crippen LogP) is 6.31. The summed E-state index contributed by atoms with van der Waals surface area (Å²) in [7, 11) is 0. The van der Waals surface area contributed by atoms with E-state index in [-0.39, 0.29) is 13.2 Å². The quantitative estimate of drug-likeness (QED) is 0.353. The number of nitrogens with one attached hydrogen (secondary N) is 1. The summed E-state index contributed by atoms with van der Waals surface area (Å²) in [5.74, 6) is 0.102. The van der Waals surface area contributed by atoms with Gasteiger partial charge in [0.05, 0.1) is 18.2 Å². The van der Waals surface area contributed by atoms with Crippen LogP contribution in [0.2, 0.25) is 10.0 Å². The molecule has 32 heavy (non-hydrogen) atoms. The zero-order chi connectivity index (χ0) is 23.1. The Morgan fingerprint density at radius 1 is 1.00 bits per heavy atom. The number of benzene rings is 2. The minimum absolute atomic E-state index is 0.211. The van der Waals surface area contributed by atoms with E-state index in [9.17, 15) is 9.59 Å². The summed E-state index contributed by atoms with van der Waals surface area (Å²) in [4.78, 5) is 25.2. The van der Waals surface area contributed by atoms with Gasteiger partial charge in [-0.05, 0) is 49.7 Å². The Kier molecular flexibility index (Phi) is 8.39. The molecule has 0 saturated heterocycles. The topological polar surface area (TPSA) is 73.9 Å². The van der Waals surface area contributed by atoms with Crippen LogP contribution in [-0.4, -0.2) is 31.7 Å².